The molecule has 0 spiro atoms. The fourth-order valence-corrected chi connectivity index (χ4v) is 4.94. The third-order valence-corrected chi connectivity index (χ3v) is 8.07. The van der Waals surface area contributed by atoms with Gasteiger partial charge in [-0.1, -0.05) is 24.6 Å². The van der Waals surface area contributed by atoms with Crippen LogP contribution in [0.5, 0.6) is 34.5 Å². The fourth-order valence-electron chi connectivity index (χ4n) is 4.05. The van der Waals surface area contributed by atoms with Crippen molar-refractivity contribution in [2.24, 2.45) is 0 Å². The third-order valence-electron chi connectivity index (χ3n) is 6.26. The first-order chi connectivity index (χ1) is 20.6. The Kier molecular flexibility index (Phi) is 7.55. The highest BCUT2D eigenvalue weighted by atomic mass is 35.5. The second kappa shape index (κ2) is 10.9. The van der Waals surface area contributed by atoms with Gasteiger partial charge < -0.3 is 29.6 Å². The lowest BCUT2D eigenvalue weighted by molar-refractivity contribution is -0.141. The number of nitrogens with zero attached hydrogens (tertiary/aromatic N) is 2. The summed E-state index contributed by atoms with van der Waals surface area (Å²) in [6.45, 7) is 1.22. The number of phenolic OH excluding ortho intramolecular Hbond substituents is 3. The van der Waals surface area contributed by atoms with Gasteiger partial charge in [0.1, 0.15) is 33.9 Å². The average Bonchev–Trinajstić information content (AvgIpc) is 2.96. The third kappa shape index (κ3) is 5.66. The number of benzene rings is 3. The largest absolute Gasteiger partial charge is 0.508 e. The first kappa shape index (κ1) is 30.4. The molecule has 2 aromatic heterocycles. The van der Waals surface area contributed by atoms with Gasteiger partial charge in [-0.2, -0.15) is 13.2 Å². The number of phenols is 3. The molecule has 0 aliphatic rings. The lowest BCUT2D eigenvalue weighted by Crippen LogP contribution is -2.15. The molecule has 16 heteroatoms. The summed E-state index contributed by atoms with van der Waals surface area (Å²) in [5.41, 5.74) is -3.31. The number of hydrogen-bond donors (Lipinski definition) is 4. The number of rotatable bonds is 6. The van der Waals surface area contributed by atoms with Crippen LogP contribution < -0.4 is 10.2 Å². The number of hydrogen-bond acceptors (Lipinski definition) is 11. The number of aromatic nitrogens is 2. The molecule has 0 radical (unpaired) electrons. The second-order valence-electron chi connectivity index (χ2n) is 9.20. The molecule has 0 aliphatic carbocycles. The van der Waals surface area contributed by atoms with Crippen LogP contribution >= 0.6 is 11.6 Å². The zero-order valence-corrected chi connectivity index (χ0v) is 23.6. The highest BCUT2D eigenvalue weighted by molar-refractivity contribution is 7.91. The van der Waals surface area contributed by atoms with Crippen LogP contribution in [0.2, 0.25) is 5.02 Å². The monoisotopic (exact) mass is 650 g/mol. The molecule has 4 N–H and O–H groups in total. The summed E-state index contributed by atoms with van der Waals surface area (Å²) in [5, 5.41) is 38.9. The molecule has 2 heterocycles. The van der Waals surface area contributed by atoms with Gasteiger partial charge in [-0.05, 0) is 36.4 Å². The lowest BCUT2D eigenvalue weighted by Gasteiger charge is -2.14. The van der Waals surface area contributed by atoms with Crippen LogP contribution in [0.25, 0.3) is 33.6 Å². The van der Waals surface area contributed by atoms with Gasteiger partial charge in [-0.25, -0.2) is 18.4 Å². The predicted octanol–water partition coefficient (Wildman–Crippen LogP) is 6.00. The number of sulfone groups is 1. The molecular weight excluding hydrogens is 633 g/mol. The van der Waals surface area contributed by atoms with E-state index >= 15 is 0 Å². The van der Waals surface area contributed by atoms with Gasteiger partial charge >= 0.3 is 6.18 Å². The van der Waals surface area contributed by atoms with E-state index in [0.29, 0.717) is 6.07 Å². The SMILES string of the molecule is CCS(=O)(=O)c1nc(-c2ccc(Cl)c(Oc3cc(O)cc4oc(-c5ccc(O)c(O)c5)c(O)c(=O)c34)c2)cc(C(F)(F)F)n1. The van der Waals surface area contributed by atoms with Gasteiger partial charge in [-0.3, -0.25) is 4.79 Å². The molecule has 0 bridgehead atoms. The molecule has 0 aliphatic heterocycles. The van der Waals surface area contributed by atoms with E-state index in [4.69, 9.17) is 20.8 Å². The molecular formula is C28H18ClF3N2O9S. The Balaban J connectivity index is 1.65. The van der Waals surface area contributed by atoms with Crippen molar-refractivity contribution in [1.82, 2.24) is 9.97 Å². The van der Waals surface area contributed by atoms with Gasteiger partial charge in [0.2, 0.25) is 26.2 Å². The van der Waals surface area contributed by atoms with Gasteiger partial charge in [0.25, 0.3) is 0 Å². The molecule has 228 valence electrons. The van der Waals surface area contributed by atoms with E-state index in [9.17, 15) is 46.8 Å². The number of ether oxygens (including phenoxy) is 1. The summed E-state index contributed by atoms with van der Waals surface area (Å²) in [7, 11) is -4.25. The van der Waals surface area contributed by atoms with Gasteiger partial charge in [0.05, 0.1) is 16.5 Å². The van der Waals surface area contributed by atoms with E-state index in [-0.39, 0.29) is 38.6 Å². The summed E-state index contributed by atoms with van der Waals surface area (Å²) < 4.78 is 76.8. The highest BCUT2D eigenvalue weighted by Crippen LogP contribution is 2.41. The van der Waals surface area contributed by atoms with E-state index in [1.807, 2.05) is 0 Å². The molecule has 11 nitrogen and oxygen atoms in total. The van der Waals surface area contributed by atoms with Gasteiger partial charge in [0.15, 0.2) is 17.3 Å². The smallest absolute Gasteiger partial charge is 0.433 e. The molecule has 5 rings (SSSR count). The molecule has 0 atom stereocenters. The van der Waals surface area contributed by atoms with Crippen molar-refractivity contribution in [3.05, 3.63) is 75.5 Å². The molecule has 5 aromatic rings. The number of halogens is 4. The Labute approximate surface area is 250 Å². The van der Waals surface area contributed by atoms with Crippen LogP contribution in [-0.4, -0.2) is 44.6 Å². The van der Waals surface area contributed by atoms with Crippen molar-refractivity contribution < 1.29 is 51.2 Å². The van der Waals surface area contributed by atoms with Crippen molar-refractivity contribution in [2.45, 2.75) is 18.3 Å². The Morgan fingerprint density at radius 1 is 0.909 bits per heavy atom. The maximum Gasteiger partial charge on any atom is 0.433 e. The van der Waals surface area contributed by atoms with Crippen LogP contribution in [0.3, 0.4) is 0 Å². The molecule has 44 heavy (non-hydrogen) atoms. The summed E-state index contributed by atoms with van der Waals surface area (Å²) in [4.78, 5) is 20.2. The maximum absolute atomic E-state index is 13.6. The second-order valence-corrected chi connectivity index (χ2v) is 11.8. The Morgan fingerprint density at radius 3 is 2.27 bits per heavy atom. The predicted molar refractivity (Wildman–Crippen MR) is 150 cm³/mol. The minimum absolute atomic E-state index is 0.00545. The number of aromatic hydroxyl groups is 4. The Bertz CT molecular complexity index is 2130. The van der Waals surface area contributed by atoms with Crippen LogP contribution in [0.4, 0.5) is 13.2 Å². The first-order valence-corrected chi connectivity index (χ1v) is 14.3. The fraction of sp³-hybridized carbons (Fsp3) is 0.107. The van der Waals surface area contributed by atoms with Gasteiger partial charge in [0, 0.05) is 23.3 Å². The summed E-state index contributed by atoms with van der Waals surface area (Å²) >= 11 is 6.27. The van der Waals surface area contributed by atoms with Crippen molar-refractivity contribution in [3.63, 3.8) is 0 Å². The van der Waals surface area contributed by atoms with Crippen LogP contribution in [0, 0.1) is 0 Å². The average molecular weight is 651 g/mol. The molecule has 3 aromatic carbocycles. The van der Waals surface area contributed by atoms with Crippen LogP contribution in [0.1, 0.15) is 12.6 Å². The normalized spacial score (nSPS) is 12.0. The minimum Gasteiger partial charge on any atom is -0.508 e. The molecule has 0 unspecified atom stereocenters. The van der Waals surface area contributed by atoms with E-state index in [1.165, 1.54) is 25.1 Å². The first-order valence-electron chi connectivity index (χ1n) is 12.3. The molecule has 0 amide bonds. The van der Waals surface area contributed by atoms with Crippen LogP contribution in [0.15, 0.2) is 69.0 Å². The molecule has 0 saturated heterocycles. The van der Waals surface area contributed by atoms with E-state index in [0.717, 1.165) is 30.3 Å². The summed E-state index contributed by atoms with van der Waals surface area (Å²) in [6.07, 6.45) is -5.00. The number of fused-ring (bicyclic) bond motifs is 1. The zero-order chi connectivity index (χ0) is 32.1. The van der Waals surface area contributed by atoms with Gasteiger partial charge in [-0.15, -0.1) is 0 Å². The lowest BCUT2D eigenvalue weighted by atomic mass is 10.1. The van der Waals surface area contributed by atoms with Crippen molar-refractivity contribution in [2.75, 3.05) is 5.75 Å². The number of alkyl halides is 3. The zero-order valence-electron chi connectivity index (χ0n) is 22.0. The Morgan fingerprint density at radius 2 is 1.61 bits per heavy atom. The summed E-state index contributed by atoms with van der Waals surface area (Å²) in [5.74, 6) is -4.01. The van der Waals surface area contributed by atoms with E-state index < -0.39 is 72.5 Å². The van der Waals surface area contributed by atoms with E-state index in [1.54, 1.807) is 0 Å². The topological polar surface area (TPSA) is 180 Å². The molecule has 0 saturated carbocycles. The molecule has 0 fully saturated rings. The maximum atomic E-state index is 13.6. The van der Waals surface area contributed by atoms with Crippen molar-refractivity contribution in [3.8, 4) is 57.1 Å². The summed E-state index contributed by atoms with van der Waals surface area (Å²) in [6, 6.07) is 9.54. The quantitative estimate of drug-likeness (QED) is 0.125. The van der Waals surface area contributed by atoms with Crippen LogP contribution in [-0.2, 0) is 16.0 Å². The van der Waals surface area contributed by atoms with E-state index in [2.05, 4.69) is 9.97 Å². The Hall–Kier alpha value is -5.02. The highest BCUT2D eigenvalue weighted by Gasteiger charge is 2.35. The standard InChI is InChI=1S/C28H18ClF3N2O9S/c1-2-44(40,41)27-33-16(11-22(34-27)28(30,31)32)12-3-5-15(29)19(8-12)42-20-9-14(35)10-21-23(20)24(38)25(39)26(43-21)13-4-6-17(36)18(37)7-13/h3-11,35-37,39H,2H2,1H3. The van der Waals surface area contributed by atoms with Crippen molar-refractivity contribution >= 4 is 32.4 Å². The minimum atomic E-state index is -5.00. The van der Waals surface area contributed by atoms with Crippen molar-refractivity contribution in [1.29, 1.82) is 0 Å².